The highest BCUT2D eigenvalue weighted by Gasteiger charge is 2.03. The maximum atomic E-state index is 11.0. The van der Waals surface area contributed by atoms with Crippen LogP contribution in [0.2, 0.25) is 0 Å². The maximum Gasteiger partial charge on any atom is 0.222 e. The number of halogens is 1. The second kappa shape index (κ2) is 3.34. The van der Waals surface area contributed by atoms with Crippen molar-refractivity contribution in [2.45, 2.75) is 13.8 Å². The van der Waals surface area contributed by atoms with E-state index in [1.165, 1.54) is 0 Å². The molecule has 1 aromatic rings. The molecule has 1 nitrogen and oxygen atoms in total. The Bertz CT molecular complexity index is 292. The molecule has 0 aromatic heterocycles. The van der Waals surface area contributed by atoms with Gasteiger partial charge in [-0.1, -0.05) is 17.7 Å². The van der Waals surface area contributed by atoms with E-state index < -0.39 is 0 Å². The van der Waals surface area contributed by atoms with Crippen molar-refractivity contribution >= 4 is 26.4 Å². The Morgan fingerprint density at radius 1 is 1.36 bits per heavy atom. The van der Waals surface area contributed by atoms with Gasteiger partial charge < -0.3 is 0 Å². The number of hydrogen-bond acceptors (Lipinski definition) is 1. The predicted octanol–water partition coefficient (Wildman–Crippen LogP) is 2.88. The molecule has 0 saturated carbocycles. The summed E-state index contributed by atoms with van der Waals surface area (Å²) in [4.78, 5) is 11.0. The standard InChI is InChI=1S/C9H9IO/c1-6-3-4-7(2)8(5-6)9(10)11/h3-5H,1-2H3. The number of rotatable bonds is 1. The van der Waals surface area contributed by atoms with Gasteiger partial charge in [-0.3, -0.25) is 4.79 Å². The van der Waals surface area contributed by atoms with Crippen LogP contribution in [0.1, 0.15) is 21.5 Å². The summed E-state index contributed by atoms with van der Waals surface area (Å²) in [6, 6.07) is 5.91. The van der Waals surface area contributed by atoms with Crippen LogP contribution in [0.15, 0.2) is 18.2 Å². The predicted molar refractivity (Wildman–Crippen MR) is 54.3 cm³/mol. The second-order valence-electron chi connectivity index (χ2n) is 2.59. The fourth-order valence-electron chi connectivity index (χ4n) is 0.948. The molecule has 0 atom stereocenters. The third-order valence-corrected chi connectivity index (χ3v) is 2.19. The van der Waals surface area contributed by atoms with E-state index in [2.05, 4.69) is 0 Å². The molecule has 0 aliphatic carbocycles. The number of carbonyl (C=O) groups is 1. The van der Waals surface area contributed by atoms with E-state index in [0.29, 0.717) is 0 Å². The van der Waals surface area contributed by atoms with Gasteiger partial charge in [0.25, 0.3) is 0 Å². The van der Waals surface area contributed by atoms with Gasteiger partial charge in [0, 0.05) is 28.2 Å². The molecule has 0 unspecified atom stereocenters. The second-order valence-corrected chi connectivity index (χ2v) is 3.57. The highest BCUT2D eigenvalue weighted by molar-refractivity contribution is 14.1. The van der Waals surface area contributed by atoms with E-state index >= 15 is 0 Å². The molecule has 1 rings (SSSR count). The Hall–Kier alpha value is -0.380. The van der Waals surface area contributed by atoms with E-state index in [-0.39, 0.29) is 3.79 Å². The zero-order valence-corrected chi connectivity index (χ0v) is 8.68. The highest BCUT2D eigenvalue weighted by Crippen LogP contribution is 2.13. The fraction of sp³-hybridized carbons (Fsp3) is 0.222. The number of hydrogen-bond donors (Lipinski definition) is 0. The van der Waals surface area contributed by atoms with Gasteiger partial charge in [-0.05, 0) is 25.5 Å². The Labute approximate surface area is 79.9 Å². The Morgan fingerprint density at radius 3 is 2.45 bits per heavy atom. The molecule has 0 aliphatic rings. The topological polar surface area (TPSA) is 17.1 Å². The van der Waals surface area contributed by atoms with E-state index in [1.807, 2.05) is 54.6 Å². The Morgan fingerprint density at radius 2 is 2.00 bits per heavy atom. The molecule has 0 bridgehead atoms. The molecule has 0 N–H and O–H groups in total. The van der Waals surface area contributed by atoms with Crippen LogP contribution in [0.4, 0.5) is 0 Å². The lowest BCUT2D eigenvalue weighted by Gasteiger charge is -2.00. The van der Waals surface area contributed by atoms with E-state index in [1.54, 1.807) is 0 Å². The smallest absolute Gasteiger partial charge is 0.222 e. The van der Waals surface area contributed by atoms with Crippen LogP contribution < -0.4 is 0 Å². The summed E-state index contributed by atoms with van der Waals surface area (Å²) < 4.78 is 0.115. The lowest BCUT2D eigenvalue weighted by atomic mass is 10.1. The van der Waals surface area contributed by atoms with Crippen LogP contribution >= 0.6 is 22.6 Å². The molecular formula is C9H9IO. The van der Waals surface area contributed by atoms with Crippen LogP contribution in [-0.4, -0.2) is 3.79 Å². The average molecular weight is 260 g/mol. The summed E-state index contributed by atoms with van der Waals surface area (Å²) in [7, 11) is 0. The quantitative estimate of drug-likeness (QED) is 0.560. The zero-order valence-electron chi connectivity index (χ0n) is 6.52. The number of carbonyl (C=O) groups excluding carboxylic acids is 1. The minimum absolute atomic E-state index is 0.115. The first kappa shape index (κ1) is 8.71. The molecule has 0 heterocycles. The maximum absolute atomic E-state index is 11.0. The van der Waals surface area contributed by atoms with Crippen molar-refractivity contribution < 1.29 is 4.79 Å². The van der Waals surface area contributed by atoms with Gasteiger partial charge in [0.2, 0.25) is 3.79 Å². The van der Waals surface area contributed by atoms with Crippen LogP contribution in [0.5, 0.6) is 0 Å². The lowest BCUT2D eigenvalue weighted by molar-refractivity contribution is 0.110. The zero-order chi connectivity index (χ0) is 8.43. The molecule has 0 spiro atoms. The largest absolute Gasteiger partial charge is 0.282 e. The van der Waals surface area contributed by atoms with Crippen molar-refractivity contribution in [2.75, 3.05) is 0 Å². The number of aryl methyl sites for hydroxylation is 2. The molecule has 0 fully saturated rings. The third kappa shape index (κ3) is 2.02. The van der Waals surface area contributed by atoms with Gasteiger partial charge in [0.05, 0.1) is 0 Å². The Kier molecular flexibility index (Phi) is 2.65. The SMILES string of the molecule is Cc1ccc(C)c(C(=O)I)c1. The van der Waals surface area contributed by atoms with Gasteiger partial charge >= 0.3 is 0 Å². The normalized spacial score (nSPS) is 9.73. The minimum Gasteiger partial charge on any atom is -0.282 e. The highest BCUT2D eigenvalue weighted by atomic mass is 127. The average Bonchev–Trinajstić information content (AvgIpc) is 1.94. The molecule has 0 amide bonds. The van der Waals surface area contributed by atoms with Crippen molar-refractivity contribution in [3.63, 3.8) is 0 Å². The summed E-state index contributed by atoms with van der Waals surface area (Å²) >= 11 is 1.81. The summed E-state index contributed by atoms with van der Waals surface area (Å²) in [5, 5.41) is 0. The molecule has 11 heavy (non-hydrogen) atoms. The molecule has 0 aliphatic heterocycles. The summed E-state index contributed by atoms with van der Waals surface area (Å²) in [6.45, 7) is 3.94. The first-order chi connectivity index (χ1) is 5.11. The third-order valence-electron chi connectivity index (χ3n) is 1.60. The molecule has 0 saturated heterocycles. The minimum atomic E-state index is 0.115. The van der Waals surface area contributed by atoms with E-state index in [4.69, 9.17) is 0 Å². The van der Waals surface area contributed by atoms with Gasteiger partial charge in [0.15, 0.2) is 0 Å². The summed E-state index contributed by atoms with van der Waals surface area (Å²) in [5.41, 5.74) is 3.01. The van der Waals surface area contributed by atoms with Crippen molar-refractivity contribution in [1.82, 2.24) is 0 Å². The lowest BCUT2D eigenvalue weighted by Crippen LogP contribution is -1.92. The van der Waals surface area contributed by atoms with E-state index in [9.17, 15) is 4.79 Å². The molecule has 0 radical (unpaired) electrons. The monoisotopic (exact) mass is 260 g/mol. The van der Waals surface area contributed by atoms with Crippen LogP contribution in [0, 0.1) is 13.8 Å². The Balaban J connectivity index is 3.23. The van der Waals surface area contributed by atoms with Gasteiger partial charge in [-0.25, -0.2) is 0 Å². The van der Waals surface area contributed by atoms with Gasteiger partial charge in [-0.15, -0.1) is 0 Å². The first-order valence-corrected chi connectivity index (χ1v) is 4.46. The van der Waals surface area contributed by atoms with Crippen molar-refractivity contribution in [3.05, 3.63) is 34.9 Å². The number of benzene rings is 1. The van der Waals surface area contributed by atoms with E-state index in [0.717, 1.165) is 16.7 Å². The first-order valence-electron chi connectivity index (χ1n) is 3.38. The molecule has 1 aromatic carbocycles. The molecule has 2 heteroatoms. The van der Waals surface area contributed by atoms with Crippen LogP contribution in [0.3, 0.4) is 0 Å². The van der Waals surface area contributed by atoms with Crippen molar-refractivity contribution in [3.8, 4) is 0 Å². The summed E-state index contributed by atoms with van der Waals surface area (Å²) in [5.74, 6) is 0. The molecule has 58 valence electrons. The van der Waals surface area contributed by atoms with Crippen molar-refractivity contribution in [2.24, 2.45) is 0 Å². The fourth-order valence-corrected chi connectivity index (χ4v) is 1.53. The van der Waals surface area contributed by atoms with Crippen molar-refractivity contribution in [1.29, 1.82) is 0 Å². The van der Waals surface area contributed by atoms with Crippen LogP contribution in [-0.2, 0) is 0 Å². The van der Waals surface area contributed by atoms with Gasteiger partial charge in [-0.2, -0.15) is 0 Å². The van der Waals surface area contributed by atoms with Gasteiger partial charge in [0.1, 0.15) is 0 Å². The molecular weight excluding hydrogens is 251 g/mol. The summed E-state index contributed by atoms with van der Waals surface area (Å²) in [6.07, 6.45) is 0. The van der Waals surface area contributed by atoms with Crippen LogP contribution in [0.25, 0.3) is 0 Å².